The fourth-order valence-electron chi connectivity index (χ4n) is 4.62. The number of nitriles is 1. The maximum atomic E-state index is 12.8. The van der Waals surface area contributed by atoms with Gasteiger partial charge in [0.15, 0.2) is 9.84 Å². The highest BCUT2D eigenvalue weighted by molar-refractivity contribution is 7.91. The fourth-order valence-corrected chi connectivity index (χ4v) is 6.39. The summed E-state index contributed by atoms with van der Waals surface area (Å²) in [5.74, 6) is 0.717. The van der Waals surface area contributed by atoms with Crippen molar-refractivity contribution in [2.75, 3.05) is 29.9 Å². The summed E-state index contributed by atoms with van der Waals surface area (Å²) < 4.78 is 25.7. The van der Waals surface area contributed by atoms with Gasteiger partial charge in [0.05, 0.1) is 23.6 Å². The van der Waals surface area contributed by atoms with Crippen molar-refractivity contribution in [1.82, 2.24) is 9.47 Å². The Bertz CT molecular complexity index is 892. The van der Waals surface area contributed by atoms with E-state index in [1.807, 2.05) is 25.7 Å². The van der Waals surface area contributed by atoms with Gasteiger partial charge >= 0.3 is 0 Å². The molecule has 0 aromatic carbocycles. The minimum absolute atomic E-state index is 0.110. The molecule has 1 aliphatic carbocycles. The lowest BCUT2D eigenvalue weighted by Crippen LogP contribution is -2.41. The number of hydrogen-bond acceptors (Lipinski definition) is 5. The Labute approximate surface area is 167 Å². The van der Waals surface area contributed by atoms with E-state index in [1.54, 1.807) is 0 Å². The maximum Gasteiger partial charge on any atom is 0.239 e. The van der Waals surface area contributed by atoms with Crippen molar-refractivity contribution in [3.8, 4) is 6.07 Å². The van der Waals surface area contributed by atoms with Crippen LogP contribution in [0.5, 0.6) is 0 Å². The molecule has 7 nitrogen and oxygen atoms in total. The molecule has 154 valence electrons. The predicted octanol–water partition coefficient (Wildman–Crippen LogP) is 2.54. The van der Waals surface area contributed by atoms with E-state index in [-0.39, 0.29) is 30.0 Å². The van der Waals surface area contributed by atoms with Crippen LogP contribution in [0.1, 0.15) is 61.9 Å². The summed E-state index contributed by atoms with van der Waals surface area (Å²) in [4.78, 5) is 14.8. The quantitative estimate of drug-likeness (QED) is 0.783. The number of nitrogens with zero attached hydrogens (tertiary/aromatic N) is 3. The molecule has 28 heavy (non-hydrogen) atoms. The first kappa shape index (κ1) is 20.9. The van der Waals surface area contributed by atoms with Crippen LogP contribution in [0.4, 0.5) is 5.82 Å². The van der Waals surface area contributed by atoms with Gasteiger partial charge in [0, 0.05) is 17.8 Å². The average molecular weight is 407 g/mol. The number of rotatable bonds is 6. The molecule has 1 aromatic rings. The van der Waals surface area contributed by atoms with E-state index in [0.29, 0.717) is 30.4 Å². The molecule has 1 atom stereocenters. The Morgan fingerprint density at radius 2 is 1.96 bits per heavy atom. The minimum atomic E-state index is -3.00. The second kappa shape index (κ2) is 8.26. The summed E-state index contributed by atoms with van der Waals surface area (Å²) in [6, 6.07) is 2.47. The number of hydrogen-bond donors (Lipinski definition) is 1. The molecule has 2 aliphatic rings. The van der Waals surface area contributed by atoms with Gasteiger partial charge in [0.25, 0.3) is 0 Å². The molecule has 8 heteroatoms. The Morgan fingerprint density at radius 3 is 2.50 bits per heavy atom. The smallest absolute Gasteiger partial charge is 0.239 e. The summed E-state index contributed by atoms with van der Waals surface area (Å²) in [5, 5.41) is 12.6. The molecule has 3 rings (SSSR count). The third-order valence-electron chi connectivity index (χ3n) is 6.29. The van der Waals surface area contributed by atoms with Crippen LogP contribution < -0.4 is 5.32 Å². The second-order valence-corrected chi connectivity index (χ2v) is 10.3. The van der Waals surface area contributed by atoms with Crippen LogP contribution >= 0.6 is 0 Å². The van der Waals surface area contributed by atoms with Crippen LogP contribution in [0.2, 0.25) is 0 Å². The Hall–Kier alpha value is -1.85. The molecule has 1 amide bonds. The topological polar surface area (TPSA) is 95.2 Å². The van der Waals surface area contributed by atoms with Crippen molar-refractivity contribution < 1.29 is 13.2 Å². The third kappa shape index (κ3) is 4.11. The lowest BCUT2D eigenvalue weighted by molar-refractivity contribution is -0.117. The highest BCUT2D eigenvalue weighted by Crippen LogP contribution is 2.37. The van der Waals surface area contributed by atoms with Gasteiger partial charge in [-0.25, -0.2) is 8.42 Å². The Morgan fingerprint density at radius 1 is 1.29 bits per heavy atom. The third-order valence-corrected chi connectivity index (χ3v) is 8.04. The number of amides is 1. The maximum absolute atomic E-state index is 12.8. The lowest BCUT2D eigenvalue weighted by Gasteiger charge is -2.26. The molecule has 0 bridgehead atoms. The molecule has 1 saturated heterocycles. The van der Waals surface area contributed by atoms with Gasteiger partial charge in [-0.3, -0.25) is 9.69 Å². The fraction of sp³-hybridized carbons (Fsp3) is 0.700. The average Bonchev–Trinajstić information content (AvgIpc) is 3.33. The van der Waals surface area contributed by atoms with Crippen LogP contribution in [-0.2, 0) is 14.6 Å². The molecule has 1 N–H and O–H groups in total. The molecule has 1 aliphatic heterocycles. The number of carbonyl (C=O) groups excluding carboxylic acids is 1. The molecule has 1 saturated carbocycles. The zero-order chi connectivity index (χ0) is 20.5. The highest BCUT2D eigenvalue weighted by Gasteiger charge is 2.33. The standard InChI is InChI=1S/C20H30N4O3S/c1-4-23(17-9-10-28(26,27)13-17)12-19(25)22-20-18(11-21)14(2)15(3)24(20)16-7-5-6-8-16/h16-17H,4-10,12-13H2,1-3H3,(H,22,25)/t17-/m1/s1. The molecule has 2 fully saturated rings. The number of carbonyl (C=O) groups is 1. The van der Waals surface area contributed by atoms with Crippen molar-refractivity contribution in [2.45, 2.75) is 65.0 Å². The second-order valence-electron chi connectivity index (χ2n) is 8.02. The summed E-state index contributed by atoms with van der Waals surface area (Å²) in [7, 11) is -3.00. The van der Waals surface area contributed by atoms with Crippen molar-refractivity contribution in [3.05, 3.63) is 16.8 Å². The number of likely N-dealkylation sites (N-methyl/N-ethyl adjacent to an activating group) is 1. The Balaban J connectivity index is 1.80. The first-order valence-corrected chi connectivity index (χ1v) is 11.9. The van der Waals surface area contributed by atoms with Gasteiger partial charge in [-0.1, -0.05) is 19.8 Å². The van der Waals surface area contributed by atoms with Crippen LogP contribution in [0, 0.1) is 25.2 Å². The number of nitrogens with one attached hydrogen (secondary N) is 1. The zero-order valence-corrected chi connectivity index (χ0v) is 17.8. The van der Waals surface area contributed by atoms with E-state index < -0.39 is 9.84 Å². The molecular weight excluding hydrogens is 376 g/mol. The normalized spacial score (nSPS) is 21.9. The van der Waals surface area contributed by atoms with Gasteiger partial charge < -0.3 is 9.88 Å². The SMILES string of the molecule is CCN(CC(=O)Nc1c(C#N)c(C)c(C)n1C1CCCC1)[C@@H]1CCS(=O)(=O)C1. The molecule has 0 radical (unpaired) electrons. The van der Waals surface area contributed by atoms with Crippen LogP contribution in [-0.4, -0.2) is 54.4 Å². The lowest BCUT2D eigenvalue weighted by atomic mass is 10.2. The number of aromatic nitrogens is 1. The monoisotopic (exact) mass is 406 g/mol. The van der Waals surface area contributed by atoms with E-state index >= 15 is 0 Å². The number of anilines is 1. The van der Waals surface area contributed by atoms with E-state index in [2.05, 4.69) is 16.0 Å². The molecule has 1 aromatic heterocycles. The van der Waals surface area contributed by atoms with Gasteiger partial charge in [-0.05, 0) is 45.2 Å². The summed E-state index contributed by atoms with van der Waals surface area (Å²) in [5.41, 5.74) is 2.48. The van der Waals surface area contributed by atoms with Gasteiger partial charge in [0.1, 0.15) is 11.9 Å². The van der Waals surface area contributed by atoms with Crippen molar-refractivity contribution in [3.63, 3.8) is 0 Å². The van der Waals surface area contributed by atoms with Crippen LogP contribution in [0.3, 0.4) is 0 Å². The predicted molar refractivity (Wildman–Crippen MR) is 109 cm³/mol. The number of sulfone groups is 1. The van der Waals surface area contributed by atoms with Crippen LogP contribution in [0.15, 0.2) is 0 Å². The van der Waals surface area contributed by atoms with Crippen LogP contribution in [0.25, 0.3) is 0 Å². The summed E-state index contributed by atoms with van der Waals surface area (Å²) in [6.45, 7) is 6.62. The molecule has 0 spiro atoms. The van der Waals surface area contributed by atoms with Crippen molar-refractivity contribution in [1.29, 1.82) is 5.26 Å². The van der Waals surface area contributed by atoms with Crippen molar-refractivity contribution in [2.24, 2.45) is 0 Å². The van der Waals surface area contributed by atoms with Gasteiger partial charge in [-0.2, -0.15) is 5.26 Å². The van der Waals surface area contributed by atoms with E-state index in [4.69, 9.17) is 0 Å². The first-order chi connectivity index (χ1) is 13.3. The summed E-state index contributed by atoms with van der Waals surface area (Å²) >= 11 is 0. The zero-order valence-electron chi connectivity index (χ0n) is 17.0. The van der Waals surface area contributed by atoms with E-state index in [9.17, 15) is 18.5 Å². The molecule has 2 heterocycles. The first-order valence-electron chi connectivity index (χ1n) is 10.1. The molecule has 0 unspecified atom stereocenters. The van der Waals surface area contributed by atoms with E-state index in [0.717, 1.165) is 36.9 Å². The largest absolute Gasteiger partial charge is 0.327 e. The highest BCUT2D eigenvalue weighted by atomic mass is 32.2. The molecular formula is C20H30N4O3S. The summed E-state index contributed by atoms with van der Waals surface area (Å²) in [6.07, 6.45) is 5.02. The van der Waals surface area contributed by atoms with Gasteiger partial charge in [0.2, 0.25) is 5.91 Å². The van der Waals surface area contributed by atoms with E-state index in [1.165, 1.54) is 0 Å². The van der Waals surface area contributed by atoms with Crippen molar-refractivity contribution >= 4 is 21.6 Å². The Kier molecular flexibility index (Phi) is 6.15. The minimum Gasteiger partial charge on any atom is -0.327 e. The van der Waals surface area contributed by atoms with Gasteiger partial charge in [-0.15, -0.1) is 0 Å².